The second kappa shape index (κ2) is 12.4. The fraction of sp³-hybridized carbons (Fsp3) is 0.571. The Bertz CT molecular complexity index is 637. The highest BCUT2D eigenvalue weighted by molar-refractivity contribution is 7.81. The summed E-state index contributed by atoms with van der Waals surface area (Å²) in [6.07, 6.45) is 1.90. The first-order chi connectivity index (χ1) is 13.3. The minimum absolute atomic E-state index is 0.0422. The molecule has 0 fully saturated rings. The molecule has 0 heterocycles. The molecule has 0 aromatic heterocycles. The summed E-state index contributed by atoms with van der Waals surface area (Å²) in [7, 11) is 1.54. The van der Waals surface area contributed by atoms with Crippen molar-refractivity contribution >= 4 is 30.4 Å². The van der Waals surface area contributed by atoms with Gasteiger partial charge in [0.15, 0.2) is 0 Å². The van der Waals surface area contributed by atoms with Crippen molar-refractivity contribution in [3.8, 4) is 0 Å². The molecule has 3 N–H and O–H groups in total. The van der Waals surface area contributed by atoms with Crippen molar-refractivity contribution in [2.24, 2.45) is 5.92 Å². The van der Waals surface area contributed by atoms with Gasteiger partial charge in [-0.1, -0.05) is 51.1 Å². The van der Waals surface area contributed by atoms with Gasteiger partial charge in [0.25, 0.3) is 0 Å². The second-order valence-corrected chi connectivity index (χ2v) is 8.11. The molecule has 0 radical (unpaired) electrons. The second-order valence-electron chi connectivity index (χ2n) is 7.38. The van der Waals surface area contributed by atoms with Gasteiger partial charge in [0.1, 0.15) is 12.1 Å². The van der Waals surface area contributed by atoms with Crippen molar-refractivity contribution < 1.29 is 14.4 Å². The highest BCUT2D eigenvalue weighted by Gasteiger charge is 2.27. The van der Waals surface area contributed by atoms with E-state index in [1.54, 1.807) is 0 Å². The fourth-order valence-corrected chi connectivity index (χ4v) is 2.99. The molecule has 1 aromatic carbocycles. The maximum Gasteiger partial charge on any atom is 0.243 e. The average molecular weight is 408 g/mol. The van der Waals surface area contributed by atoms with Gasteiger partial charge in [0.05, 0.1) is 0 Å². The van der Waals surface area contributed by atoms with Crippen LogP contribution in [0.1, 0.15) is 45.6 Å². The predicted molar refractivity (Wildman–Crippen MR) is 115 cm³/mol. The number of hydrogen-bond donors (Lipinski definition) is 4. The zero-order valence-electron chi connectivity index (χ0n) is 17.2. The van der Waals surface area contributed by atoms with Gasteiger partial charge >= 0.3 is 0 Å². The molecule has 156 valence electrons. The lowest BCUT2D eigenvalue weighted by Crippen LogP contribution is -2.54. The minimum atomic E-state index is -0.709. The first-order valence-corrected chi connectivity index (χ1v) is 10.3. The van der Waals surface area contributed by atoms with E-state index in [-0.39, 0.29) is 35.3 Å². The molecule has 1 aromatic rings. The number of carbonyl (C=O) groups excluding carboxylic acids is 3. The molecule has 0 aliphatic rings. The lowest BCUT2D eigenvalue weighted by molar-refractivity contribution is -0.132. The minimum Gasteiger partial charge on any atom is -0.357 e. The van der Waals surface area contributed by atoms with Crippen LogP contribution in [0.15, 0.2) is 30.3 Å². The Morgan fingerprint density at radius 3 is 2.18 bits per heavy atom. The Morgan fingerprint density at radius 1 is 1.00 bits per heavy atom. The van der Waals surface area contributed by atoms with Gasteiger partial charge in [-0.2, -0.15) is 12.6 Å². The largest absolute Gasteiger partial charge is 0.357 e. The normalized spacial score (nSPS) is 14.1. The molecule has 6 nitrogen and oxygen atoms in total. The molecular weight excluding hydrogens is 374 g/mol. The smallest absolute Gasteiger partial charge is 0.243 e. The van der Waals surface area contributed by atoms with Crippen LogP contribution in [0.4, 0.5) is 0 Å². The molecular formula is C21H33N3O3S. The number of rotatable bonds is 11. The quantitative estimate of drug-likeness (QED) is 0.424. The van der Waals surface area contributed by atoms with Crippen molar-refractivity contribution in [2.45, 2.75) is 63.8 Å². The topological polar surface area (TPSA) is 87.3 Å². The van der Waals surface area contributed by atoms with Crippen LogP contribution in [0.5, 0.6) is 0 Å². The highest BCUT2D eigenvalue weighted by Crippen LogP contribution is 2.10. The monoisotopic (exact) mass is 407 g/mol. The number of hydrogen-bond acceptors (Lipinski definition) is 4. The number of carbonyl (C=O) groups is 3. The molecule has 1 rings (SSSR count). The molecule has 0 aliphatic heterocycles. The van der Waals surface area contributed by atoms with Crippen molar-refractivity contribution in [1.82, 2.24) is 16.0 Å². The van der Waals surface area contributed by atoms with Gasteiger partial charge in [-0.3, -0.25) is 14.4 Å². The van der Waals surface area contributed by atoms with E-state index in [0.29, 0.717) is 12.8 Å². The number of nitrogens with one attached hydrogen (secondary N) is 3. The zero-order chi connectivity index (χ0) is 21.1. The van der Waals surface area contributed by atoms with E-state index >= 15 is 0 Å². The number of amides is 3. The van der Waals surface area contributed by atoms with Crippen molar-refractivity contribution in [1.29, 1.82) is 0 Å². The number of likely N-dealkylation sites (N-methyl/N-ethyl adjacent to an activating group) is 1. The van der Waals surface area contributed by atoms with Gasteiger partial charge in [-0.15, -0.1) is 0 Å². The van der Waals surface area contributed by atoms with E-state index < -0.39 is 12.1 Å². The summed E-state index contributed by atoms with van der Waals surface area (Å²) in [5.41, 5.74) is 0.946. The highest BCUT2D eigenvalue weighted by atomic mass is 32.1. The lowest BCUT2D eigenvalue weighted by atomic mass is 10.0. The number of benzene rings is 1. The summed E-state index contributed by atoms with van der Waals surface area (Å²) >= 11 is 4.35. The van der Waals surface area contributed by atoms with Gasteiger partial charge in [0.2, 0.25) is 17.7 Å². The first-order valence-electron chi connectivity index (χ1n) is 9.80. The molecule has 3 amide bonds. The molecule has 2 unspecified atom stereocenters. The van der Waals surface area contributed by atoms with Crippen LogP contribution in [-0.4, -0.2) is 42.1 Å². The molecule has 0 saturated carbocycles. The third-order valence-corrected chi connectivity index (χ3v) is 4.96. The third kappa shape index (κ3) is 8.78. The van der Waals surface area contributed by atoms with Crippen LogP contribution < -0.4 is 16.0 Å². The summed E-state index contributed by atoms with van der Waals surface area (Å²) in [5, 5.41) is 8.17. The van der Waals surface area contributed by atoms with Gasteiger partial charge in [-0.05, 0) is 24.3 Å². The fourth-order valence-electron chi connectivity index (χ4n) is 2.82. The molecule has 0 aliphatic carbocycles. The number of thiol groups is 1. The van der Waals surface area contributed by atoms with Crippen molar-refractivity contribution in [3.05, 3.63) is 35.9 Å². The summed E-state index contributed by atoms with van der Waals surface area (Å²) < 4.78 is 0. The molecule has 0 spiro atoms. The maximum absolute atomic E-state index is 12.9. The first kappa shape index (κ1) is 24.0. The van der Waals surface area contributed by atoms with E-state index in [4.69, 9.17) is 0 Å². The standard InChI is InChI=1S/C21H33N3O3S/c1-5-16(28)13-19(25)23-17(11-14(2)3)21(27)24-18(20(26)22-4)12-15-9-7-6-8-10-15/h6-10,14,16-18,28H,5,11-13H2,1-4H3,(H,22,26)(H,23,25)(H,24,27)/t16?,17?,18-/m0/s1. The van der Waals surface area contributed by atoms with Crippen LogP contribution in [0.25, 0.3) is 0 Å². The molecule has 7 heteroatoms. The Labute approximate surface area is 173 Å². The van der Waals surface area contributed by atoms with Gasteiger partial charge in [-0.25, -0.2) is 0 Å². The third-order valence-electron chi connectivity index (χ3n) is 4.41. The van der Waals surface area contributed by atoms with Gasteiger partial charge in [0, 0.05) is 25.1 Å². The van der Waals surface area contributed by atoms with E-state index in [1.807, 2.05) is 51.1 Å². The lowest BCUT2D eigenvalue weighted by Gasteiger charge is -2.24. The Kier molecular flexibility index (Phi) is 10.7. The average Bonchev–Trinajstić information content (AvgIpc) is 2.66. The molecule has 3 atom stereocenters. The predicted octanol–water partition coefficient (Wildman–Crippen LogP) is 2.09. The SMILES string of the molecule is CCC(S)CC(=O)NC(CC(C)C)C(=O)N[C@@H](Cc1ccccc1)C(=O)NC. The van der Waals surface area contributed by atoms with E-state index in [2.05, 4.69) is 28.6 Å². The van der Waals surface area contributed by atoms with E-state index in [0.717, 1.165) is 12.0 Å². The van der Waals surface area contributed by atoms with Crippen LogP contribution in [-0.2, 0) is 20.8 Å². The van der Waals surface area contributed by atoms with Crippen molar-refractivity contribution in [2.75, 3.05) is 7.05 Å². The van der Waals surface area contributed by atoms with E-state index in [1.165, 1.54) is 7.05 Å². The molecule has 0 bridgehead atoms. The summed E-state index contributed by atoms with van der Waals surface area (Å²) in [5.74, 6) is -0.615. The van der Waals surface area contributed by atoms with Crippen LogP contribution >= 0.6 is 12.6 Å². The molecule has 0 saturated heterocycles. The Balaban J connectivity index is 2.85. The van der Waals surface area contributed by atoms with E-state index in [9.17, 15) is 14.4 Å². The maximum atomic E-state index is 12.9. The summed E-state index contributed by atoms with van der Waals surface area (Å²) in [6, 6.07) is 8.10. The Morgan fingerprint density at radius 2 is 1.64 bits per heavy atom. The van der Waals surface area contributed by atoms with Crippen LogP contribution in [0.2, 0.25) is 0 Å². The van der Waals surface area contributed by atoms with Crippen LogP contribution in [0, 0.1) is 5.92 Å². The van der Waals surface area contributed by atoms with Crippen LogP contribution in [0.3, 0.4) is 0 Å². The summed E-state index contributed by atoms with van der Waals surface area (Å²) in [6.45, 7) is 5.93. The molecule has 28 heavy (non-hydrogen) atoms. The summed E-state index contributed by atoms with van der Waals surface area (Å²) in [4.78, 5) is 37.4. The van der Waals surface area contributed by atoms with Gasteiger partial charge < -0.3 is 16.0 Å². The Hall–Kier alpha value is -2.02. The zero-order valence-corrected chi connectivity index (χ0v) is 18.1. The van der Waals surface area contributed by atoms with Crippen molar-refractivity contribution in [3.63, 3.8) is 0 Å².